The maximum atomic E-state index is 11.8. The highest BCUT2D eigenvalue weighted by molar-refractivity contribution is 6.04. The summed E-state index contributed by atoms with van der Waals surface area (Å²) < 4.78 is 1.89. The summed E-state index contributed by atoms with van der Waals surface area (Å²) in [4.78, 5) is 17.6. The van der Waals surface area contributed by atoms with E-state index in [1.807, 2.05) is 54.0 Å². The fraction of sp³-hybridized carbons (Fsp3) is 0.143. The van der Waals surface area contributed by atoms with Crippen LogP contribution in [0, 0.1) is 0 Å². The van der Waals surface area contributed by atoms with Crippen molar-refractivity contribution in [3.05, 3.63) is 60.8 Å². The third-order valence-electron chi connectivity index (χ3n) is 2.48. The Balaban J connectivity index is 2.15. The Morgan fingerprint density at radius 3 is 2.56 bits per heavy atom. The highest BCUT2D eigenvalue weighted by atomic mass is 16.1. The average Bonchev–Trinajstić information content (AvgIpc) is 2.90. The van der Waals surface area contributed by atoms with Crippen LogP contribution in [0.15, 0.2) is 55.3 Å². The number of carbonyl (C=O) groups excluding carboxylic acids is 1. The molecule has 0 aliphatic rings. The highest BCUT2D eigenvalue weighted by Crippen LogP contribution is 2.10. The van der Waals surface area contributed by atoms with Crippen LogP contribution in [0.4, 0.5) is 0 Å². The first-order valence-electron chi connectivity index (χ1n) is 5.64. The summed E-state index contributed by atoms with van der Waals surface area (Å²) in [5, 5.41) is 0. The molecule has 1 aromatic carbocycles. The molecule has 0 N–H and O–H groups in total. The van der Waals surface area contributed by atoms with Crippen molar-refractivity contribution in [2.75, 3.05) is 14.1 Å². The molecule has 0 fully saturated rings. The van der Waals surface area contributed by atoms with Crippen LogP contribution in [-0.4, -0.2) is 34.3 Å². The van der Waals surface area contributed by atoms with Crippen LogP contribution in [0.5, 0.6) is 0 Å². The summed E-state index contributed by atoms with van der Waals surface area (Å²) >= 11 is 0. The molecule has 0 bridgehead atoms. The van der Waals surface area contributed by atoms with Crippen molar-refractivity contribution < 1.29 is 4.79 Å². The summed E-state index contributed by atoms with van der Waals surface area (Å²) in [5.74, 6) is 0.000816. The molecule has 2 aromatic rings. The Hall–Kier alpha value is -2.36. The van der Waals surface area contributed by atoms with Crippen LogP contribution < -0.4 is 0 Å². The van der Waals surface area contributed by atoms with E-state index >= 15 is 0 Å². The molecule has 0 atom stereocenters. The lowest BCUT2D eigenvalue weighted by Gasteiger charge is -2.04. The monoisotopic (exact) mass is 241 g/mol. The Bertz CT molecular complexity index is 539. The van der Waals surface area contributed by atoms with Crippen molar-refractivity contribution in [3.8, 4) is 5.69 Å². The molecular formula is C14H15N3O. The maximum absolute atomic E-state index is 11.8. The van der Waals surface area contributed by atoms with Gasteiger partial charge in [-0.25, -0.2) is 4.98 Å². The van der Waals surface area contributed by atoms with E-state index < -0.39 is 0 Å². The van der Waals surface area contributed by atoms with Crippen LogP contribution in [0.2, 0.25) is 0 Å². The van der Waals surface area contributed by atoms with E-state index in [-0.39, 0.29) is 5.78 Å². The van der Waals surface area contributed by atoms with Crippen LogP contribution in [0.3, 0.4) is 0 Å². The standard InChI is InChI=1S/C14H15N3O/c1-16(2)9-7-14(18)12-3-5-13(6-4-12)17-10-8-15-11-17/h3-11H,1-2H3/b9-7-. The van der Waals surface area contributed by atoms with E-state index in [9.17, 15) is 4.79 Å². The lowest BCUT2D eigenvalue weighted by Crippen LogP contribution is -2.03. The van der Waals surface area contributed by atoms with Gasteiger partial charge in [0, 0.05) is 50.0 Å². The van der Waals surface area contributed by atoms with Gasteiger partial charge in [-0.05, 0) is 24.3 Å². The average molecular weight is 241 g/mol. The van der Waals surface area contributed by atoms with E-state index in [0.29, 0.717) is 5.56 Å². The summed E-state index contributed by atoms with van der Waals surface area (Å²) in [6.07, 6.45) is 8.61. The molecule has 0 radical (unpaired) electrons. The van der Waals surface area contributed by atoms with Crippen LogP contribution in [0.25, 0.3) is 5.69 Å². The van der Waals surface area contributed by atoms with Crippen LogP contribution in [-0.2, 0) is 0 Å². The van der Waals surface area contributed by atoms with Gasteiger partial charge in [0.05, 0.1) is 6.33 Å². The highest BCUT2D eigenvalue weighted by Gasteiger charge is 2.02. The van der Waals surface area contributed by atoms with Crippen LogP contribution >= 0.6 is 0 Å². The van der Waals surface area contributed by atoms with Crippen molar-refractivity contribution in [1.29, 1.82) is 0 Å². The predicted octanol–water partition coefficient (Wildman–Crippen LogP) is 2.13. The van der Waals surface area contributed by atoms with Crippen LogP contribution in [0.1, 0.15) is 10.4 Å². The quantitative estimate of drug-likeness (QED) is 0.608. The van der Waals surface area contributed by atoms with Gasteiger partial charge in [-0.2, -0.15) is 0 Å². The molecule has 1 aromatic heterocycles. The van der Waals surface area contributed by atoms with E-state index in [0.717, 1.165) is 5.69 Å². The molecule has 0 aliphatic heterocycles. The molecule has 4 heteroatoms. The number of hydrogen-bond donors (Lipinski definition) is 0. The molecule has 92 valence electrons. The van der Waals surface area contributed by atoms with E-state index in [4.69, 9.17) is 0 Å². The number of aromatic nitrogens is 2. The summed E-state index contributed by atoms with van der Waals surface area (Å²) in [7, 11) is 3.76. The molecule has 2 rings (SSSR count). The van der Waals surface area contributed by atoms with Crippen molar-refractivity contribution >= 4 is 5.78 Å². The lowest BCUT2D eigenvalue weighted by atomic mass is 10.1. The minimum atomic E-state index is 0.000816. The zero-order valence-corrected chi connectivity index (χ0v) is 10.4. The van der Waals surface area contributed by atoms with E-state index in [2.05, 4.69) is 4.98 Å². The van der Waals surface area contributed by atoms with E-state index in [1.54, 1.807) is 24.8 Å². The molecule has 0 unspecified atom stereocenters. The first-order valence-corrected chi connectivity index (χ1v) is 5.64. The fourth-order valence-corrected chi connectivity index (χ4v) is 1.52. The third-order valence-corrected chi connectivity index (χ3v) is 2.48. The third kappa shape index (κ3) is 2.85. The molecule has 0 saturated heterocycles. The number of carbonyl (C=O) groups is 1. The number of allylic oxidation sites excluding steroid dienone is 1. The predicted molar refractivity (Wildman–Crippen MR) is 70.7 cm³/mol. The Kier molecular flexibility index (Phi) is 3.57. The zero-order chi connectivity index (χ0) is 13.0. The fourth-order valence-electron chi connectivity index (χ4n) is 1.52. The molecule has 4 nitrogen and oxygen atoms in total. The number of ketones is 1. The SMILES string of the molecule is CN(C)/C=C\C(=O)c1ccc(-n2ccnc2)cc1. The first-order chi connectivity index (χ1) is 8.66. The normalized spacial score (nSPS) is 10.8. The van der Waals surface area contributed by atoms with Crippen molar-refractivity contribution in [2.45, 2.75) is 0 Å². The Morgan fingerprint density at radius 2 is 2.00 bits per heavy atom. The van der Waals surface area contributed by atoms with Gasteiger partial charge in [-0.1, -0.05) is 0 Å². The van der Waals surface area contributed by atoms with Gasteiger partial charge >= 0.3 is 0 Å². The van der Waals surface area contributed by atoms with Gasteiger partial charge in [0.2, 0.25) is 0 Å². The minimum Gasteiger partial charge on any atom is -0.383 e. The van der Waals surface area contributed by atoms with Crippen molar-refractivity contribution in [1.82, 2.24) is 14.5 Å². The van der Waals surface area contributed by atoms with Gasteiger partial charge in [0.15, 0.2) is 5.78 Å². The topological polar surface area (TPSA) is 38.1 Å². The number of imidazole rings is 1. The molecule has 18 heavy (non-hydrogen) atoms. The second kappa shape index (κ2) is 5.31. The zero-order valence-electron chi connectivity index (χ0n) is 10.4. The second-order valence-corrected chi connectivity index (χ2v) is 4.16. The number of benzene rings is 1. The molecule has 0 aliphatic carbocycles. The number of nitrogens with zero attached hydrogens (tertiary/aromatic N) is 3. The molecule has 0 spiro atoms. The molecule has 0 amide bonds. The minimum absolute atomic E-state index is 0.000816. The first kappa shape index (κ1) is 12.1. The molecular weight excluding hydrogens is 226 g/mol. The Morgan fingerprint density at radius 1 is 1.28 bits per heavy atom. The maximum Gasteiger partial charge on any atom is 0.187 e. The number of hydrogen-bond acceptors (Lipinski definition) is 3. The molecule has 0 saturated carbocycles. The van der Waals surface area contributed by atoms with Gasteiger partial charge < -0.3 is 9.47 Å². The van der Waals surface area contributed by atoms with Crippen molar-refractivity contribution in [2.24, 2.45) is 0 Å². The Labute approximate surface area is 106 Å². The summed E-state index contributed by atoms with van der Waals surface area (Å²) in [6, 6.07) is 7.44. The number of rotatable bonds is 4. The van der Waals surface area contributed by atoms with Gasteiger partial charge in [0.25, 0.3) is 0 Å². The largest absolute Gasteiger partial charge is 0.383 e. The van der Waals surface area contributed by atoms with Crippen molar-refractivity contribution in [3.63, 3.8) is 0 Å². The van der Waals surface area contributed by atoms with Gasteiger partial charge in [0.1, 0.15) is 0 Å². The molecule has 1 heterocycles. The smallest absolute Gasteiger partial charge is 0.187 e. The lowest BCUT2D eigenvalue weighted by molar-refractivity contribution is 0.104. The second-order valence-electron chi connectivity index (χ2n) is 4.16. The van der Waals surface area contributed by atoms with Gasteiger partial charge in [-0.15, -0.1) is 0 Å². The van der Waals surface area contributed by atoms with E-state index in [1.165, 1.54) is 0 Å². The summed E-state index contributed by atoms with van der Waals surface area (Å²) in [5.41, 5.74) is 1.66. The van der Waals surface area contributed by atoms with Gasteiger partial charge in [-0.3, -0.25) is 4.79 Å². The summed E-state index contributed by atoms with van der Waals surface area (Å²) in [6.45, 7) is 0.